The topological polar surface area (TPSA) is 71.5 Å². The average Bonchev–Trinajstić information content (AvgIpc) is 2.56. The van der Waals surface area contributed by atoms with Crippen LogP contribution in [0.5, 0.6) is 0 Å². The fourth-order valence-electron chi connectivity index (χ4n) is 3.12. The Balaban J connectivity index is 1.76. The number of hydrogen-bond acceptors (Lipinski definition) is 5. The summed E-state index contributed by atoms with van der Waals surface area (Å²) in [6.45, 7) is 7.98. The maximum Gasteiger partial charge on any atom is 0.211 e. The highest BCUT2D eigenvalue weighted by Crippen LogP contribution is 2.25. The van der Waals surface area contributed by atoms with E-state index >= 15 is 0 Å². The van der Waals surface area contributed by atoms with Gasteiger partial charge in [-0.2, -0.15) is 4.31 Å². The van der Waals surface area contributed by atoms with Crippen LogP contribution in [0.4, 0.5) is 5.82 Å². The SMILES string of the molecule is Cc1ccc2c(C)cc(NCC3CN(S(C)(=O)=O)CCO3)nc2c1C. The first kappa shape index (κ1) is 18.1. The summed E-state index contributed by atoms with van der Waals surface area (Å²) >= 11 is 0. The second-order valence-corrected chi connectivity index (χ2v) is 8.71. The van der Waals surface area contributed by atoms with Gasteiger partial charge in [0.25, 0.3) is 0 Å². The molecule has 0 spiro atoms. The lowest BCUT2D eigenvalue weighted by Gasteiger charge is -2.31. The van der Waals surface area contributed by atoms with Gasteiger partial charge >= 0.3 is 0 Å². The van der Waals surface area contributed by atoms with E-state index < -0.39 is 10.0 Å². The minimum absolute atomic E-state index is 0.181. The van der Waals surface area contributed by atoms with Crippen LogP contribution >= 0.6 is 0 Å². The summed E-state index contributed by atoms with van der Waals surface area (Å²) in [5.74, 6) is 0.791. The molecule has 1 saturated heterocycles. The number of rotatable bonds is 4. The van der Waals surface area contributed by atoms with Crippen LogP contribution in [0, 0.1) is 20.8 Å². The summed E-state index contributed by atoms with van der Waals surface area (Å²) in [5.41, 5.74) is 4.57. The molecular weight excluding hydrogens is 338 g/mol. The Morgan fingerprint density at radius 3 is 2.76 bits per heavy atom. The minimum Gasteiger partial charge on any atom is -0.374 e. The molecule has 1 N–H and O–H groups in total. The zero-order valence-electron chi connectivity index (χ0n) is 15.2. The predicted octanol–water partition coefficient (Wildman–Crippen LogP) is 2.23. The summed E-state index contributed by atoms with van der Waals surface area (Å²) in [6, 6.07) is 6.25. The normalized spacial score (nSPS) is 19.3. The first-order valence-electron chi connectivity index (χ1n) is 8.44. The second-order valence-electron chi connectivity index (χ2n) is 6.72. The van der Waals surface area contributed by atoms with Crippen molar-refractivity contribution >= 4 is 26.7 Å². The van der Waals surface area contributed by atoms with Crippen LogP contribution < -0.4 is 5.32 Å². The van der Waals surface area contributed by atoms with E-state index in [0.717, 1.165) is 22.3 Å². The lowest BCUT2D eigenvalue weighted by atomic mass is 10.0. The number of morpholine rings is 1. The molecule has 1 unspecified atom stereocenters. The summed E-state index contributed by atoms with van der Waals surface area (Å²) in [6.07, 6.45) is 1.06. The Hall–Kier alpha value is -1.70. The lowest BCUT2D eigenvalue weighted by molar-refractivity contribution is 0.00701. The molecule has 0 radical (unpaired) electrons. The van der Waals surface area contributed by atoms with E-state index in [4.69, 9.17) is 9.72 Å². The van der Waals surface area contributed by atoms with Crippen molar-refractivity contribution < 1.29 is 13.2 Å². The number of nitrogens with zero attached hydrogens (tertiary/aromatic N) is 2. The Bertz CT molecular complexity index is 896. The Kier molecular flexibility index (Phi) is 4.99. The monoisotopic (exact) mass is 363 g/mol. The van der Waals surface area contributed by atoms with Crippen molar-refractivity contribution in [2.24, 2.45) is 0 Å². The summed E-state index contributed by atoms with van der Waals surface area (Å²) in [4.78, 5) is 4.75. The molecule has 2 aromatic rings. The number of benzene rings is 1. The quantitative estimate of drug-likeness (QED) is 0.902. The Morgan fingerprint density at radius 1 is 1.28 bits per heavy atom. The van der Waals surface area contributed by atoms with Crippen LogP contribution in [-0.2, 0) is 14.8 Å². The number of anilines is 1. The van der Waals surface area contributed by atoms with Gasteiger partial charge in [0, 0.05) is 25.0 Å². The molecule has 25 heavy (non-hydrogen) atoms. The molecule has 1 aliphatic heterocycles. The van der Waals surface area contributed by atoms with Gasteiger partial charge in [-0.15, -0.1) is 0 Å². The number of pyridine rings is 1. The van der Waals surface area contributed by atoms with Gasteiger partial charge in [0.15, 0.2) is 0 Å². The molecule has 0 aliphatic carbocycles. The first-order valence-corrected chi connectivity index (χ1v) is 10.3. The van der Waals surface area contributed by atoms with Gasteiger partial charge in [-0.05, 0) is 43.5 Å². The number of fused-ring (bicyclic) bond motifs is 1. The fraction of sp³-hybridized carbons (Fsp3) is 0.500. The molecule has 136 valence electrons. The van der Waals surface area contributed by atoms with E-state index in [0.29, 0.717) is 26.2 Å². The van der Waals surface area contributed by atoms with Crippen molar-refractivity contribution in [2.45, 2.75) is 26.9 Å². The minimum atomic E-state index is -3.18. The summed E-state index contributed by atoms with van der Waals surface area (Å²) < 4.78 is 30.6. The van der Waals surface area contributed by atoms with E-state index in [9.17, 15) is 8.42 Å². The van der Waals surface area contributed by atoms with Crippen molar-refractivity contribution in [3.05, 3.63) is 34.9 Å². The third kappa shape index (κ3) is 3.94. The van der Waals surface area contributed by atoms with E-state index in [1.165, 1.54) is 21.7 Å². The molecular formula is C18H25N3O3S. The number of nitrogens with one attached hydrogen (secondary N) is 1. The van der Waals surface area contributed by atoms with Gasteiger partial charge in [-0.3, -0.25) is 0 Å². The standard InChI is InChI=1S/C18H25N3O3S/c1-12-5-6-16-13(2)9-17(20-18(16)14(12)3)19-10-15-11-21(7-8-24-15)25(4,22)23/h5-6,9,15H,7-8,10-11H2,1-4H3,(H,19,20). The molecule has 1 aliphatic rings. The zero-order chi connectivity index (χ0) is 18.2. The largest absolute Gasteiger partial charge is 0.374 e. The molecule has 6 nitrogen and oxygen atoms in total. The van der Waals surface area contributed by atoms with Gasteiger partial charge in [-0.1, -0.05) is 12.1 Å². The van der Waals surface area contributed by atoms with Crippen molar-refractivity contribution in [1.82, 2.24) is 9.29 Å². The third-order valence-electron chi connectivity index (χ3n) is 4.79. The molecule has 7 heteroatoms. The molecule has 1 fully saturated rings. The van der Waals surface area contributed by atoms with Gasteiger partial charge in [0.05, 0.1) is 24.5 Å². The van der Waals surface area contributed by atoms with E-state index in [1.54, 1.807) is 0 Å². The van der Waals surface area contributed by atoms with Crippen molar-refractivity contribution in [3.8, 4) is 0 Å². The smallest absolute Gasteiger partial charge is 0.211 e. The molecule has 1 aromatic carbocycles. The molecule has 1 atom stereocenters. The van der Waals surface area contributed by atoms with E-state index in [1.807, 2.05) is 6.07 Å². The van der Waals surface area contributed by atoms with E-state index in [-0.39, 0.29) is 6.10 Å². The number of sulfonamides is 1. The second kappa shape index (κ2) is 6.90. The predicted molar refractivity (Wildman–Crippen MR) is 101 cm³/mol. The highest BCUT2D eigenvalue weighted by Gasteiger charge is 2.26. The van der Waals surface area contributed by atoms with Crippen LogP contribution in [-0.4, -0.2) is 56.3 Å². The number of aromatic nitrogens is 1. The number of hydrogen-bond donors (Lipinski definition) is 1. The molecule has 0 bridgehead atoms. The van der Waals surface area contributed by atoms with Crippen LogP contribution in [0.1, 0.15) is 16.7 Å². The summed E-state index contributed by atoms with van der Waals surface area (Å²) in [5, 5.41) is 4.47. The highest BCUT2D eigenvalue weighted by atomic mass is 32.2. The maximum atomic E-state index is 11.7. The van der Waals surface area contributed by atoms with Crippen LogP contribution in [0.3, 0.4) is 0 Å². The van der Waals surface area contributed by atoms with Gasteiger partial charge in [-0.25, -0.2) is 13.4 Å². The highest BCUT2D eigenvalue weighted by molar-refractivity contribution is 7.88. The first-order chi connectivity index (χ1) is 11.8. The number of ether oxygens (including phenoxy) is 1. The zero-order valence-corrected chi connectivity index (χ0v) is 16.0. The molecule has 2 heterocycles. The Morgan fingerprint density at radius 2 is 2.04 bits per heavy atom. The molecule has 0 saturated carbocycles. The average molecular weight is 363 g/mol. The maximum absolute atomic E-state index is 11.7. The van der Waals surface area contributed by atoms with Crippen molar-refractivity contribution in [2.75, 3.05) is 37.8 Å². The fourth-order valence-corrected chi connectivity index (χ4v) is 3.97. The van der Waals surface area contributed by atoms with Gasteiger partial charge in [0.1, 0.15) is 5.82 Å². The molecule has 3 rings (SSSR count). The van der Waals surface area contributed by atoms with Crippen LogP contribution in [0.25, 0.3) is 10.9 Å². The van der Waals surface area contributed by atoms with Gasteiger partial charge in [0.2, 0.25) is 10.0 Å². The molecule has 1 aromatic heterocycles. The Labute approximate surface area is 149 Å². The van der Waals surface area contributed by atoms with Crippen molar-refractivity contribution in [3.63, 3.8) is 0 Å². The number of aryl methyl sites for hydroxylation is 3. The van der Waals surface area contributed by atoms with E-state index in [2.05, 4.69) is 38.2 Å². The lowest BCUT2D eigenvalue weighted by Crippen LogP contribution is -2.47. The third-order valence-corrected chi connectivity index (χ3v) is 6.06. The summed E-state index contributed by atoms with van der Waals surface area (Å²) in [7, 11) is -3.18. The molecule has 0 amide bonds. The van der Waals surface area contributed by atoms with Crippen LogP contribution in [0.2, 0.25) is 0 Å². The van der Waals surface area contributed by atoms with Crippen LogP contribution in [0.15, 0.2) is 18.2 Å². The van der Waals surface area contributed by atoms with Crippen molar-refractivity contribution in [1.29, 1.82) is 0 Å². The van der Waals surface area contributed by atoms with Gasteiger partial charge < -0.3 is 10.1 Å².